The van der Waals surface area contributed by atoms with Crippen LogP contribution < -0.4 is 0 Å². The van der Waals surface area contributed by atoms with Gasteiger partial charge in [0.05, 0.1) is 18.8 Å². The molecule has 0 heterocycles. The number of hydrogen-bond acceptors (Lipinski definition) is 3. The minimum atomic E-state index is -0.269. The first kappa shape index (κ1) is 11.7. The highest BCUT2D eigenvalue weighted by atomic mass is 16.5. The molecule has 15 heavy (non-hydrogen) atoms. The highest BCUT2D eigenvalue weighted by Gasteiger charge is 2.06. The summed E-state index contributed by atoms with van der Waals surface area (Å²) in [7, 11) is 1.63. The zero-order valence-corrected chi connectivity index (χ0v) is 9.16. The van der Waals surface area contributed by atoms with Crippen LogP contribution in [0.25, 0.3) is 0 Å². The standard InChI is InChI=1S/C12H16O3/c1-3-7-15-12(13)11-6-4-5-10(8-11)9-14-2/h4-6,8H,3,7,9H2,1-2H3. The molecule has 0 spiro atoms. The summed E-state index contributed by atoms with van der Waals surface area (Å²) in [5, 5.41) is 0. The predicted octanol–water partition coefficient (Wildman–Crippen LogP) is 2.40. The summed E-state index contributed by atoms with van der Waals surface area (Å²) in [4.78, 5) is 11.5. The molecule has 0 bridgehead atoms. The van der Waals surface area contributed by atoms with Crippen molar-refractivity contribution < 1.29 is 14.3 Å². The molecule has 0 amide bonds. The van der Waals surface area contributed by atoms with Gasteiger partial charge in [-0.05, 0) is 24.1 Å². The van der Waals surface area contributed by atoms with E-state index in [0.29, 0.717) is 18.8 Å². The van der Waals surface area contributed by atoms with Gasteiger partial charge in [-0.3, -0.25) is 0 Å². The van der Waals surface area contributed by atoms with Crippen molar-refractivity contribution in [3.05, 3.63) is 35.4 Å². The quantitative estimate of drug-likeness (QED) is 0.697. The number of carbonyl (C=O) groups excluding carboxylic acids is 1. The van der Waals surface area contributed by atoms with Crippen molar-refractivity contribution in [1.82, 2.24) is 0 Å². The van der Waals surface area contributed by atoms with Crippen LogP contribution in [0.2, 0.25) is 0 Å². The molecule has 0 saturated carbocycles. The van der Waals surface area contributed by atoms with Gasteiger partial charge in [0.25, 0.3) is 0 Å². The lowest BCUT2D eigenvalue weighted by atomic mass is 10.1. The number of ether oxygens (including phenoxy) is 2. The molecule has 0 fully saturated rings. The summed E-state index contributed by atoms with van der Waals surface area (Å²) in [5.41, 5.74) is 1.56. The Labute approximate surface area is 90.0 Å². The van der Waals surface area contributed by atoms with Gasteiger partial charge < -0.3 is 9.47 Å². The van der Waals surface area contributed by atoms with Crippen LogP contribution in [0.15, 0.2) is 24.3 Å². The molecule has 0 aromatic heterocycles. The number of esters is 1. The molecular weight excluding hydrogens is 192 g/mol. The normalized spacial score (nSPS) is 10.0. The van der Waals surface area contributed by atoms with Crippen LogP contribution in [0.5, 0.6) is 0 Å². The van der Waals surface area contributed by atoms with Crippen molar-refractivity contribution in [1.29, 1.82) is 0 Å². The van der Waals surface area contributed by atoms with Gasteiger partial charge in [0, 0.05) is 7.11 Å². The molecule has 0 aliphatic rings. The number of hydrogen-bond donors (Lipinski definition) is 0. The van der Waals surface area contributed by atoms with Crippen molar-refractivity contribution in [2.45, 2.75) is 20.0 Å². The van der Waals surface area contributed by atoms with Gasteiger partial charge in [-0.25, -0.2) is 4.79 Å². The molecule has 0 atom stereocenters. The Balaban J connectivity index is 2.67. The maximum absolute atomic E-state index is 11.5. The second-order valence-corrected chi connectivity index (χ2v) is 3.27. The Hall–Kier alpha value is -1.35. The maximum atomic E-state index is 11.5. The summed E-state index contributed by atoms with van der Waals surface area (Å²) < 4.78 is 10.0. The smallest absolute Gasteiger partial charge is 0.338 e. The van der Waals surface area contributed by atoms with Crippen molar-refractivity contribution in [3.63, 3.8) is 0 Å². The minimum Gasteiger partial charge on any atom is -0.462 e. The molecule has 1 aromatic carbocycles. The van der Waals surface area contributed by atoms with Crippen molar-refractivity contribution in [2.24, 2.45) is 0 Å². The molecule has 0 aliphatic carbocycles. The molecule has 0 saturated heterocycles. The number of carbonyl (C=O) groups is 1. The van der Waals surface area contributed by atoms with E-state index in [1.54, 1.807) is 19.2 Å². The fourth-order valence-corrected chi connectivity index (χ4v) is 1.23. The van der Waals surface area contributed by atoms with E-state index < -0.39 is 0 Å². The monoisotopic (exact) mass is 208 g/mol. The molecular formula is C12H16O3. The van der Waals surface area contributed by atoms with Crippen molar-refractivity contribution in [3.8, 4) is 0 Å². The first-order chi connectivity index (χ1) is 7.27. The van der Waals surface area contributed by atoms with Crippen molar-refractivity contribution in [2.75, 3.05) is 13.7 Å². The van der Waals surface area contributed by atoms with Crippen LogP contribution in [0.3, 0.4) is 0 Å². The molecule has 82 valence electrons. The first-order valence-electron chi connectivity index (χ1n) is 5.03. The Morgan fingerprint density at radius 2 is 2.20 bits per heavy atom. The fourth-order valence-electron chi connectivity index (χ4n) is 1.23. The van der Waals surface area contributed by atoms with Gasteiger partial charge in [0.15, 0.2) is 0 Å². The third kappa shape index (κ3) is 3.72. The Bertz CT molecular complexity index is 320. The third-order valence-electron chi connectivity index (χ3n) is 1.91. The highest BCUT2D eigenvalue weighted by Crippen LogP contribution is 2.07. The van der Waals surface area contributed by atoms with Crippen LogP contribution >= 0.6 is 0 Å². The van der Waals surface area contributed by atoms with Gasteiger partial charge in [-0.1, -0.05) is 19.1 Å². The minimum absolute atomic E-state index is 0.269. The number of rotatable bonds is 5. The molecule has 3 heteroatoms. The Morgan fingerprint density at radius 3 is 2.87 bits per heavy atom. The molecule has 1 aromatic rings. The van der Waals surface area contributed by atoms with E-state index in [2.05, 4.69) is 0 Å². The van der Waals surface area contributed by atoms with Gasteiger partial charge >= 0.3 is 5.97 Å². The Kier molecular flexibility index (Phi) is 4.84. The van der Waals surface area contributed by atoms with Gasteiger partial charge in [-0.15, -0.1) is 0 Å². The summed E-state index contributed by atoms with van der Waals surface area (Å²) in [6.07, 6.45) is 0.837. The van der Waals surface area contributed by atoms with Gasteiger partial charge in [0.2, 0.25) is 0 Å². The molecule has 0 N–H and O–H groups in total. The molecule has 0 radical (unpaired) electrons. The van der Waals surface area contributed by atoms with Crippen LogP contribution in [-0.4, -0.2) is 19.7 Å². The summed E-state index contributed by atoms with van der Waals surface area (Å²) in [6, 6.07) is 7.29. The summed E-state index contributed by atoms with van der Waals surface area (Å²) >= 11 is 0. The molecule has 0 unspecified atom stereocenters. The van der Waals surface area contributed by atoms with Crippen LogP contribution in [0.4, 0.5) is 0 Å². The lowest BCUT2D eigenvalue weighted by Gasteiger charge is -2.04. The van der Waals surface area contributed by atoms with Crippen LogP contribution in [0.1, 0.15) is 29.3 Å². The third-order valence-corrected chi connectivity index (χ3v) is 1.91. The van der Waals surface area contributed by atoms with E-state index in [1.165, 1.54) is 0 Å². The highest BCUT2D eigenvalue weighted by molar-refractivity contribution is 5.89. The molecule has 3 nitrogen and oxygen atoms in total. The molecule has 0 aliphatic heterocycles. The van der Waals surface area contributed by atoms with Crippen molar-refractivity contribution >= 4 is 5.97 Å². The van der Waals surface area contributed by atoms with Gasteiger partial charge in [-0.2, -0.15) is 0 Å². The predicted molar refractivity (Wildman–Crippen MR) is 57.7 cm³/mol. The maximum Gasteiger partial charge on any atom is 0.338 e. The zero-order valence-electron chi connectivity index (χ0n) is 9.16. The van der Waals surface area contributed by atoms with E-state index in [0.717, 1.165) is 12.0 Å². The Morgan fingerprint density at radius 1 is 1.40 bits per heavy atom. The average molecular weight is 208 g/mol. The van der Waals surface area contributed by atoms with Gasteiger partial charge in [0.1, 0.15) is 0 Å². The van der Waals surface area contributed by atoms with E-state index >= 15 is 0 Å². The first-order valence-corrected chi connectivity index (χ1v) is 5.03. The van der Waals surface area contributed by atoms with E-state index in [1.807, 2.05) is 19.1 Å². The summed E-state index contributed by atoms with van der Waals surface area (Å²) in [5.74, 6) is -0.269. The summed E-state index contributed by atoms with van der Waals surface area (Å²) in [6.45, 7) is 2.94. The number of benzene rings is 1. The van der Waals surface area contributed by atoms with Crippen LogP contribution in [0, 0.1) is 0 Å². The number of methoxy groups -OCH3 is 1. The largest absolute Gasteiger partial charge is 0.462 e. The second-order valence-electron chi connectivity index (χ2n) is 3.27. The zero-order chi connectivity index (χ0) is 11.1. The lowest BCUT2D eigenvalue weighted by molar-refractivity contribution is 0.0505. The lowest BCUT2D eigenvalue weighted by Crippen LogP contribution is -2.06. The fraction of sp³-hybridized carbons (Fsp3) is 0.417. The van der Waals surface area contributed by atoms with E-state index in [9.17, 15) is 4.79 Å². The van der Waals surface area contributed by atoms with E-state index in [4.69, 9.17) is 9.47 Å². The average Bonchev–Trinajstić information content (AvgIpc) is 2.27. The van der Waals surface area contributed by atoms with E-state index in [-0.39, 0.29) is 5.97 Å². The molecule has 1 rings (SSSR count). The second kappa shape index (κ2) is 6.19. The van der Waals surface area contributed by atoms with Crippen LogP contribution in [-0.2, 0) is 16.1 Å². The SMILES string of the molecule is CCCOC(=O)c1cccc(COC)c1. The topological polar surface area (TPSA) is 35.5 Å².